The normalized spacial score (nSPS) is 10.2. The van der Waals surface area contributed by atoms with Crippen LogP contribution in [0, 0.1) is 17.0 Å². The van der Waals surface area contributed by atoms with Crippen molar-refractivity contribution in [3.05, 3.63) is 52.2 Å². The van der Waals surface area contributed by atoms with E-state index < -0.39 is 4.92 Å². The number of aryl methyl sites for hydroxylation is 1. The van der Waals surface area contributed by atoms with E-state index >= 15 is 0 Å². The number of nitro groups is 1. The number of non-ortho nitro benzene ring substituents is 1. The Labute approximate surface area is 98.1 Å². The van der Waals surface area contributed by atoms with Crippen molar-refractivity contribution in [1.29, 1.82) is 0 Å². The molecule has 1 heterocycles. The lowest BCUT2D eigenvalue weighted by molar-refractivity contribution is -0.384. The Morgan fingerprint density at radius 2 is 2.12 bits per heavy atom. The van der Waals surface area contributed by atoms with E-state index in [9.17, 15) is 10.1 Å². The molecule has 5 nitrogen and oxygen atoms in total. The summed E-state index contributed by atoms with van der Waals surface area (Å²) in [5, 5.41) is 10.7. The quantitative estimate of drug-likeness (QED) is 0.633. The summed E-state index contributed by atoms with van der Waals surface area (Å²) in [5.41, 5.74) is 8.57. The molecule has 1 aromatic carbocycles. The van der Waals surface area contributed by atoms with Crippen LogP contribution in [0.5, 0.6) is 0 Å². The van der Waals surface area contributed by atoms with Crippen molar-refractivity contribution in [3.63, 3.8) is 0 Å². The highest BCUT2D eigenvalue weighted by molar-refractivity contribution is 5.67. The minimum absolute atomic E-state index is 0.0560. The Balaban J connectivity index is 2.53. The van der Waals surface area contributed by atoms with Gasteiger partial charge in [0.25, 0.3) is 5.69 Å². The Hall–Kier alpha value is -2.43. The number of nitro benzene ring substituents is 1. The first kappa shape index (κ1) is 11.1. The summed E-state index contributed by atoms with van der Waals surface area (Å²) < 4.78 is 0. The largest absolute Gasteiger partial charge is 0.397 e. The molecule has 0 saturated carbocycles. The molecule has 2 N–H and O–H groups in total. The van der Waals surface area contributed by atoms with Gasteiger partial charge in [0.15, 0.2) is 0 Å². The SMILES string of the molecule is Cc1cc(N)cnc1-c1cccc([N+](=O)[O-])c1. The number of nitrogens with zero attached hydrogens (tertiary/aromatic N) is 2. The van der Waals surface area contributed by atoms with Gasteiger partial charge in [-0.05, 0) is 18.6 Å². The van der Waals surface area contributed by atoms with Crippen LogP contribution in [0.3, 0.4) is 0 Å². The molecule has 0 atom stereocenters. The number of hydrogen-bond donors (Lipinski definition) is 1. The summed E-state index contributed by atoms with van der Waals surface area (Å²) in [7, 11) is 0. The first-order valence-corrected chi connectivity index (χ1v) is 5.05. The van der Waals surface area contributed by atoms with Crippen molar-refractivity contribution in [2.75, 3.05) is 5.73 Å². The summed E-state index contributed by atoms with van der Waals surface area (Å²) in [6.45, 7) is 1.87. The molecule has 86 valence electrons. The minimum atomic E-state index is -0.421. The van der Waals surface area contributed by atoms with Gasteiger partial charge in [0.1, 0.15) is 0 Å². The Kier molecular flexibility index (Phi) is 2.74. The third kappa shape index (κ3) is 2.23. The van der Waals surface area contributed by atoms with E-state index in [1.165, 1.54) is 12.1 Å². The van der Waals surface area contributed by atoms with Crippen molar-refractivity contribution < 1.29 is 4.92 Å². The van der Waals surface area contributed by atoms with Gasteiger partial charge >= 0.3 is 0 Å². The maximum Gasteiger partial charge on any atom is 0.270 e. The van der Waals surface area contributed by atoms with Crippen LogP contribution in [0.4, 0.5) is 11.4 Å². The van der Waals surface area contributed by atoms with Crippen LogP contribution in [-0.2, 0) is 0 Å². The van der Waals surface area contributed by atoms with Gasteiger partial charge in [-0.3, -0.25) is 15.1 Å². The van der Waals surface area contributed by atoms with Crippen LogP contribution in [0.15, 0.2) is 36.5 Å². The first-order chi connectivity index (χ1) is 8.08. The second-order valence-electron chi connectivity index (χ2n) is 3.74. The number of pyridine rings is 1. The number of benzene rings is 1. The summed E-state index contributed by atoms with van der Waals surface area (Å²) in [5.74, 6) is 0. The van der Waals surface area contributed by atoms with Crippen LogP contribution in [-0.4, -0.2) is 9.91 Å². The fourth-order valence-corrected chi connectivity index (χ4v) is 1.67. The van der Waals surface area contributed by atoms with Gasteiger partial charge in [-0.15, -0.1) is 0 Å². The standard InChI is InChI=1S/C12H11N3O2/c1-8-5-10(13)7-14-12(8)9-3-2-4-11(6-9)15(16)17/h2-7H,13H2,1H3. The number of hydrogen-bond acceptors (Lipinski definition) is 4. The van der Waals surface area contributed by atoms with Gasteiger partial charge in [0.2, 0.25) is 0 Å². The molecule has 2 rings (SSSR count). The number of anilines is 1. The lowest BCUT2D eigenvalue weighted by Gasteiger charge is -2.05. The van der Waals surface area contributed by atoms with Crippen LogP contribution < -0.4 is 5.73 Å². The van der Waals surface area contributed by atoms with E-state index in [0.717, 1.165) is 11.1 Å². The predicted octanol–water partition coefficient (Wildman–Crippen LogP) is 2.55. The number of nitrogen functional groups attached to an aromatic ring is 1. The minimum Gasteiger partial charge on any atom is -0.397 e. The highest BCUT2D eigenvalue weighted by atomic mass is 16.6. The van der Waals surface area contributed by atoms with E-state index in [-0.39, 0.29) is 5.69 Å². The van der Waals surface area contributed by atoms with Gasteiger partial charge in [0.05, 0.1) is 22.5 Å². The smallest absolute Gasteiger partial charge is 0.270 e. The molecule has 0 amide bonds. The van der Waals surface area contributed by atoms with E-state index in [0.29, 0.717) is 11.4 Å². The molecule has 17 heavy (non-hydrogen) atoms. The van der Waals surface area contributed by atoms with E-state index in [1.807, 2.05) is 6.92 Å². The molecule has 0 aliphatic carbocycles. The molecule has 2 aromatic rings. The Bertz CT molecular complexity index is 582. The predicted molar refractivity (Wildman–Crippen MR) is 65.5 cm³/mol. The molecule has 0 aliphatic heterocycles. The molecule has 0 spiro atoms. The van der Waals surface area contributed by atoms with E-state index in [4.69, 9.17) is 5.73 Å². The van der Waals surface area contributed by atoms with Crippen molar-refractivity contribution >= 4 is 11.4 Å². The zero-order valence-electron chi connectivity index (χ0n) is 9.25. The molecule has 0 fully saturated rings. The summed E-state index contributed by atoms with van der Waals surface area (Å²) in [6, 6.07) is 8.19. The second kappa shape index (κ2) is 4.21. The molecule has 0 saturated heterocycles. The number of nitrogens with two attached hydrogens (primary N) is 1. The third-order valence-corrected chi connectivity index (χ3v) is 2.43. The maximum atomic E-state index is 10.7. The fraction of sp³-hybridized carbons (Fsp3) is 0.0833. The molecule has 0 unspecified atom stereocenters. The topological polar surface area (TPSA) is 82.0 Å². The van der Waals surface area contributed by atoms with Crippen molar-refractivity contribution in [3.8, 4) is 11.3 Å². The van der Waals surface area contributed by atoms with Crippen LogP contribution in [0.1, 0.15) is 5.56 Å². The van der Waals surface area contributed by atoms with Gasteiger partial charge in [-0.1, -0.05) is 12.1 Å². The summed E-state index contributed by atoms with van der Waals surface area (Å²) >= 11 is 0. The van der Waals surface area contributed by atoms with Crippen LogP contribution in [0.2, 0.25) is 0 Å². The van der Waals surface area contributed by atoms with Gasteiger partial charge < -0.3 is 5.73 Å². The summed E-state index contributed by atoms with van der Waals surface area (Å²) in [4.78, 5) is 14.5. The highest BCUT2D eigenvalue weighted by Crippen LogP contribution is 2.25. The Morgan fingerprint density at radius 1 is 1.35 bits per heavy atom. The molecule has 5 heteroatoms. The van der Waals surface area contributed by atoms with E-state index in [2.05, 4.69) is 4.98 Å². The lowest BCUT2D eigenvalue weighted by atomic mass is 10.1. The second-order valence-corrected chi connectivity index (χ2v) is 3.74. The molecule has 0 bridgehead atoms. The third-order valence-electron chi connectivity index (χ3n) is 2.43. The number of rotatable bonds is 2. The molecule has 0 aliphatic rings. The van der Waals surface area contributed by atoms with Crippen LogP contribution in [0.25, 0.3) is 11.3 Å². The lowest BCUT2D eigenvalue weighted by Crippen LogP contribution is -1.94. The van der Waals surface area contributed by atoms with E-state index in [1.54, 1.807) is 24.4 Å². The monoisotopic (exact) mass is 229 g/mol. The number of aromatic nitrogens is 1. The molecular formula is C12H11N3O2. The van der Waals surface area contributed by atoms with Crippen LogP contribution >= 0.6 is 0 Å². The van der Waals surface area contributed by atoms with Gasteiger partial charge in [-0.2, -0.15) is 0 Å². The fourth-order valence-electron chi connectivity index (χ4n) is 1.67. The van der Waals surface area contributed by atoms with Crippen molar-refractivity contribution in [2.45, 2.75) is 6.92 Å². The zero-order valence-corrected chi connectivity index (χ0v) is 9.25. The van der Waals surface area contributed by atoms with Crippen molar-refractivity contribution in [2.24, 2.45) is 0 Å². The van der Waals surface area contributed by atoms with Gasteiger partial charge in [0, 0.05) is 17.7 Å². The Morgan fingerprint density at radius 3 is 2.76 bits per heavy atom. The molecule has 1 aromatic heterocycles. The van der Waals surface area contributed by atoms with Gasteiger partial charge in [-0.25, -0.2) is 0 Å². The first-order valence-electron chi connectivity index (χ1n) is 5.05. The average molecular weight is 229 g/mol. The summed E-state index contributed by atoms with van der Waals surface area (Å²) in [6.07, 6.45) is 1.54. The maximum absolute atomic E-state index is 10.7. The highest BCUT2D eigenvalue weighted by Gasteiger charge is 2.09. The van der Waals surface area contributed by atoms with Crippen molar-refractivity contribution in [1.82, 2.24) is 4.98 Å². The molecule has 0 radical (unpaired) electrons. The average Bonchev–Trinajstić information content (AvgIpc) is 2.29. The zero-order chi connectivity index (χ0) is 12.4. The molecular weight excluding hydrogens is 218 g/mol.